The van der Waals surface area contributed by atoms with Gasteiger partial charge in [0.25, 0.3) is 5.91 Å². The molecule has 5 heteroatoms. The quantitative estimate of drug-likeness (QED) is 0.606. The van der Waals surface area contributed by atoms with E-state index in [9.17, 15) is 9.59 Å². The van der Waals surface area contributed by atoms with Gasteiger partial charge in [0, 0.05) is 24.5 Å². The summed E-state index contributed by atoms with van der Waals surface area (Å²) >= 11 is 0. The van der Waals surface area contributed by atoms with Crippen LogP contribution in [-0.2, 0) is 6.54 Å². The number of fused-ring (bicyclic) bond motifs is 1. The third-order valence-electron chi connectivity index (χ3n) is 4.55. The summed E-state index contributed by atoms with van der Waals surface area (Å²) in [6.07, 6.45) is 8.20. The summed E-state index contributed by atoms with van der Waals surface area (Å²) in [7, 11) is 0. The van der Waals surface area contributed by atoms with Crippen LogP contribution in [0.3, 0.4) is 0 Å². The van der Waals surface area contributed by atoms with Gasteiger partial charge in [-0.1, -0.05) is 32.3 Å². The van der Waals surface area contributed by atoms with E-state index >= 15 is 0 Å². The van der Waals surface area contributed by atoms with Crippen LogP contribution in [0.5, 0.6) is 0 Å². The Bertz CT molecular complexity index is 806. The van der Waals surface area contributed by atoms with Crippen LogP contribution >= 0.6 is 0 Å². The highest BCUT2D eigenvalue weighted by Crippen LogP contribution is 2.21. The van der Waals surface area contributed by atoms with E-state index < -0.39 is 0 Å². The smallest absolute Gasteiger partial charge is 0.256 e. The third kappa shape index (κ3) is 3.45. The molecule has 1 heterocycles. The van der Waals surface area contributed by atoms with Crippen molar-refractivity contribution in [2.24, 2.45) is 0 Å². The van der Waals surface area contributed by atoms with Crippen LogP contribution in [-0.4, -0.2) is 16.5 Å². The molecule has 1 saturated carbocycles. The Labute approximate surface area is 141 Å². The van der Waals surface area contributed by atoms with Gasteiger partial charge in [-0.2, -0.15) is 0 Å². The highest BCUT2D eigenvalue weighted by molar-refractivity contribution is 6.00. The molecule has 0 unspecified atom stereocenters. The largest absolute Gasteiger partial charge is 0.398 e. The molecule has 0 atom stereocenters. The Balaban J connectivity index is 2.00. The van der Waals surface area contributed by atoms with Gasteiger partial charge >= 0.3 is 0 Å². The van der Waals surface area contributed by atoms with Crippen molar-refractivity contribution in [2.45, 2.75) is 58.0 Å². The summed E-state index contributed by atoms with van der Waals surface area (Å²) < 4.78 is 2.00. The van der Waals surface area contributed by atoms with E-state index in [0.717, 1.165) is 37.7 Å². The number of nitrogens with zero attached hydrogens (tertiary/aromatic N) is 1. The molecule has 0 saturated heterocycles. The van der Waals surface area contributed by atoms with Crippen molar-refractivity contribution in [1.82, 2.24) is 9.88 Å². The highest BCUT2D eigenvalue weighted by atomic mass is 16.2. The third-order valence-corrected chi connectivity index (χ3v) is 4.55. The Morgan fingerprint density at radius 3 is 2.79 bits per heavy atom. The van der Waals surface area contributed by atoms with Crippen molar-refractivity contribution in [3.63, 3.8) is 0 Å². The van der Waals surface area contributed by atoms with Crippen molar-refractivity contribution < 1.29 is 4.79 Å². The normalized spacial score (nSPS) is 14.0. The number of hydrogen-bond acceptors (Lipinski definition) is 3. The Morgan fingerprint density at radius 1 is 1.29 bits per heavy atom. The van der Waals surface area contributed by atoms with Crippen LogP contribution in [0.2, 0.25) is 0 Å². The van der Waals surface area contributed by atoms with E-state index in [1.165, 1.54) is 12.8 Å². The maximum Gasteiger partial charge on any atom is 0.256 e. The van der Waals surface area contributed by atoms with Crippen LogP contribution in [0.1, 0.15) is 55.8 Å². The number of carbonyl (C=O) groups excluding carboxylic acids is 1. The van der Waals surface area contributed by atoms with Gasteiger partial charge in [-0.25, -0.2) is 0 Å². The van der Waals surface area contributed by atoms with Crippen LogP contribution in [0, 0.1) is 0 Å². The summed E-state index contributed by atoms with van der Waals surface area (Å²) in [6.45, 7) is 2.96. The molecule has 3 rings (SSSR count). The number of nitrogens with two attached hydrogens (primary N) is 1. The molecule has 0 radical (unpaired) electrons. The minimum absolute atomic E-state index is 0.197. The van der Waals surface area contributed by atoms with Crippen LogP contribution in [0.4, 0.5) is 5.69 Å². The number of benzene rings is 1. The first-order chi connectivity index (χ1) is 11.6. The second kappa shape index (κ2) is 7.07. The lowest BCUT2D eigenvalue weighted by atomic mass is 10.1. The van der Waals surface area contributed by atoms with Crippen molar-refractivity contribution in [1.29, 1.82) is 0 Å². The predicted octanol–water partition coefficient (Wildman–Crippen LogP) is 3.06. The molecular formula is C19H25N3O2. The molecule has 5 nitrogen and oxygen atoms in total. The molecule has 0 bridgehead atoms. The first kappa shape index (κ1) is 16.6. The van der Waals surface area contributed by atoms with E-state index in [2.05, 4.69) is 12.2 Å². The standard InChI is InChI=1S/C19H25N3O2/c1-2-3-4-5-11-22-12-14(19(24)21-13-9-10-13)18(23)17-15(20)7-6-8-16(17)22/h6-8,12-13H,2-5,9-11,20H2,1H3,(H,21,24). The molecule has 24 heavy (non-hydrogen) atoms. The maximum atomic E-state index is 12.8. The second-order valence-corrected chi connectivity index (χ2v) is 6.62. The Morgan fingerprint density at radius 2 is 2.08 bits per heavy atom. The summed E-state index contributed by atoms with van der Waals surface area (Å²) in [5.74, 6) is -0.282. The van der Waals surface area contributed by atoms with Crippen LogP contribution < -0.4 is 16.5 Å². The topological polar surface area (TPSA) is 77.1 Å². The van der Waals surface area contributed by atoms with Gasteiger partial charge in [-0.05, 0) is 31.4 Å². The van der Waals surface area contributed by atoms with E-state index in [-0.39, 0.29) is 22.9 Å². The molecule has 1 aromatic carbocycles. The number of carbonyl (C=O) groups is 1. The molecule has 2 aromatic rings. The number of nitrogens with one attached hydrogen (secondary N) is 1. The lowest BCUT2D eigenvalue weighted by molar-refractivity contribution is 0.0949. The Hall–Kier alpha value is -2.30. The predicted molar refractivity (Wildman–Crippen MR) is 97.3 cm³/mol. The van der Waals surface area contributed by atoms with Gasteiger partial charge in [0.05, 0.1) is 10.9 Å². The summed E-state index contributed by atoms with van der Waals surface area (Å²) in [5.41, 5.74) is 7.20. The van der Waals surface area contributed by atoms with E-state index in [1.54, 1.807) is 12.3 Å². The number of anilines is 1. The average Bonchev–Trinajstić information content (AvgIpc) is 3.37. The van der Waals surface area contributed by atoms with Crippen molar-refractivity contribution in [2.75, 3.05) is 5.73 Å². The maximum absolute atomic E-state index is 12.8. The molecule has 128 valence electrons. The monoisotopic (exact) mass is 327 g/mol. The van der Waals surface area contributed by atoms with Gasteiger partial charge in [0.1, 0.15) is 5.56 Å². The number of rotatable bonds is 7. The summed E-state index contributed by atoms with van der Waals surface area (Å²) in [5, 5.41) is 3.36. The number of pyridine rings is 1. The molecular weight excluding hydrogens is 302 g/mol. The zero-order valence-corrected chi connectivity index (χ0v) is 14.2. The van der Waals surface area contributed by atoms with E-state index in [1.807, 2.05) is 16.7 Å². The fraction of sp³-hybridized carbons (Fsp3) is 0.474. The van der Waals surface area contributed by atoms with E-state index in [0.29, 0.717) is 11.1 Å². The van der Waals surface area contributed by atoms with Crippen molar-refractivity contribution in [3.8, 4) is 0 Å². The van der Waals surface area contributed by atoms with Crippen LogP contribution in [0.15, 0.2) is 29.2 Å². The summed E-state index contributed by atoms with van der Waals surface area (Å²) in [4.78, 5) is 25.2. The number of hydrogen-bond donors (Lipinski definition) is 2. The number of amides is 1. The van der Waals surface area contributed by atoms with Gasteiger partial charge in [-0.3, -0.25) is 9.59 Å². The van der Waals surface area contributed by atoms with Gasteiger partial charge in [0.2, 0.25) is 5.43 Å². The van der Waals surface area contributed by atoms with Gasteiger partial charge in [-0.15, -0.1) is 0 Å². The molecule has 1 aliphatic rings. The van der Waals surface area contributed by atoms with Crippen molar-refractivity contribution in [3.05, 3.63) is 40.2 Å². The zero-order chi connectivity index (χ0) is 17.1. The van der Waals surface area contributed by atoms with Crippen LogP contribution in [0.25, 0.3) is 10.9 Å². The number of aryl methyl sites for hydroxylation is 1. The first-order valence-electron chi connectivity index (χ1n) is 8.84. The molecule has 0 aliphatic heterocycles. The minimum atomic E-state index is -0.282. The number of nitrogen functional groups attached to an aromatic ring is 1. The fourth-order valence-electron chi connectivity index (χ4n) is 3.01. The Kier molecular flexibility index (Phi) is 4.88. The zero-order valence-electron chi connectivity index (χ0n) is 14.2. The van der Waals surface area contributed by atoms with E-state index in [4.69, 9.17) is 5.73 Å². The van der Waals surface area contributed by atoms with Gasteiger partial charge < -0.3 is 15.6 Å². The highest BCUT2D eigenvalue weighted by Gasteiger charge is 2.26. The molecule has 1 amide bonds. The minimum Gasteiger partial charge on any atom is -0.398 e. The molecule has 1 aromatic heterocycles. The SMILES string of the molecule is CCCCCCn1cc(C(=O)NC2CC2)c(=O)c2c(N)cccc21. The summed E-state index contributed by atoms with van der Waals surface area (Å²) in [6, 6.07) is 5.69. The number of unbranched alkanes of at least 4 members (excludes halogenated alkanes) is 3. The van der Waals surface area contributed by atoms with Gasteiger partial charge in [0.15, 0.2) is 0 Å². The molecule has 0 spiro atoms. The molecule has 3 N–H and O–H groups in total. The fourth-order valence-corrected chi connectivity index (χ4v) is 3.01. The molecule has 1 aliphatic carbocycles. The van der Waals surface area contributed by atoms with Crippen molar-refractivity contribution >= 4 is 22.5 Å². The second-order valence-electron chi connectivity index (χ2n) is 6.62. The molecule has 1 fully saturated rings. The average molecular weight is 327 g/mol. The first-order valence-corrected chi connectivity index (χ1v) is 8.84. The number of aromatic nitrogens is 1. The lowest BCUT2D eigenvalue weighted by Crippen LogP contribution is -2.31. The lowest BCUT2D eigenvalue weighted by Gasteiger charge is -2.14.